The molecule has 0 aromatic carbocycles. The molecule has 1 aliphatic rings. The molecule has 1 aliphatic heterocycles. The molecule has 1 atom stereocenters. The number of aromatic nitrogens is 3. The second kappa shape index (κ2) is 6.41. The third-order valence-corrected chi connectivity index (χ3v) is 4.47. The summed E-state index contributed by atoms with van der Waals surface area (Å²) >= 11 is 0. The Kier molecular flexibility index (Phi) is 4.50. The van der Waals surface area contributed by atoms with Crippen LogP contribution in [-0.4, -0.2) is 44.0 Å². The van der Waals surface area contributed by atoms with Gasteiger partial charge in [-0.3, -0.25) is 4.90 Å². The van der Waals surface area contributed by atoms with Gasteiger partial charge in [0, 0.05) is 18.7 Å². The summed E-state index contributed by atoms with van der Waals surface area (Å²) in [5.41, 5.74) is 1.32. The molecule has 1 unspecified atom stereocenters. The smallest absolute Gasteiger partial charge is 0.229 e. The van der Waals surface area contributed by atoms with Crippen molar-refractivity contribution in [2.75, 3.05) is 13.1 Å². The van der Waals surface area contributed by atoms with Crippen molar-refractivity contribution in [3.8, 4) is 0 Å². The van der Waals surface area contributed by atoms with Crippen LogP contribution in [0.4, 0.5) is 0 Å². The van der Waals surface area contributed by atoms with E-state index in [4.69, 9.17) is 9.05 Å². The van der Waals surface area contributed by atoms with Gasteiger partial charge in [-0.15, -0.1) is 0 Å². The van der Waals surface area contributed by atoms with Crippen LogP contribution < -0.4 is 0 Å². The highest BCUT2D eigenvalue weighted by atomic mass is 16.5. The molecule has 0 bridgehead atoms. The number of likely N-dealkylation sites (tertiary alicyclic amines) is 1. The van der Waals surface area contributed by atoms with Crippen LogP contribution in [-0.2, 0) is 19.4 Å². The van der Waals surface area contributed by atoms with Gasteiger partial charge in [0.1, 0.15) is 5.76 Å². The first-order valence-corrected chi connectivity index (χ1v) is 8.17. The van der Waals surface area contributed by atoms with Crippen molar-refractivity contribution in [1.29, 1.82) is 0 Å². The fourth-order valence-corrected chi connectivity index (χ4v) is 3.32. The number of aryl methyl sites for hydroxylation is 3. The van der Waals surface area contributed by atoms with Crippen LogP contribution in [0.1, 0.15) is 48.5 Å². The predicted molar refractivity (Wildman–Crippen MR) is 82.8 cm³/mol. The number of hydrogen-bond donors (Lipinski definition) is 1. The minimum Gasteiger partial charge on any atom is -0.388 e. The first kappa shape index (κ1) is 16.1. The van der Waals surface area contributed by atoms with Gasteiger partial charge in [-0.2, -0.15) is 4.98 Å². The molecule has 7 nitrogen and oxygen atoms in total. The van der Waals surface area contributed by atoms with Gasteiger partial charge in [0.25, 0.3) is 0 Å². The van der Waals surface area contributed by atoms with Gasteiger partial charge in [-0.05, 0) is 39.7 Å². The van der Waals surface area contributed by atoms with Crippen LogP contribution in [0.15, 0.2) is 9.05 Å². The summed E-state index contributed by atoms with van der Waals surface area (Å²) in [7, 11) is 0. The van der Waals surface area contributed by atoms with E-state index in [1.807, 2.05) is 6.92 Å². The molecule has 7 heteroatoms. The van der Waals surface area contributed by atoms with Crippen molar-refractivity contribution in [1.82, 2.24) is 20.2 Å². The maximum atomic E-state index is 10.9. The maximum absolute atomic E-state index is 10.9. The van der Waals surface area contributed by atoms with E-state index < -0.39 is 5.60 Å². The third-order valence-electron chi connectivity index (χ3n) is 4.47. The lowest BCUT2D eigenvalue weighted by molar-refractivity contribution is -0.0375. The van der Waals surface area contributed by atoms with Crippen LogP contribution in [0.5, 0.6) is 0 Å². The molecule has 1 N–H and O–H groups in total. The summed E-state index contributed by atoms with van der Waals surface area (Å²) in [6, 6.07) is 0. The average molecular weight is 320 g/mol. The monoisotopic (exact) mass is 320 g/mol. The standard InChI is InChI=1S/C16H24N4O3/c1-4-14-13(11(2)22-19-14)9-20-7-5-6-16(21,10-20)8-15-17-12(3)18-23-15/h21H,4-10H2,1-3H3. The van der Waals surface area contributed by atoms with Gasteiger partial charge in [0.15, 0.2) is 5.82 Å². The summed E-state index contributed by atoms with van der Waals surface area (Å²) in [6.45, 7) is 8.10. The van der Waals surface area contributed by atoms with Crippen molar-refractivity contribution in [2.24, 2.45) is 0 Å². The van der Waals surface area contributed by atoms with Crippen molar-refractivity contribution < 1.29 is 14.2 Å². The minimum atomic E-state index is -0.825. The van der Waals surface area contributed by atoms with Crippen LogP contribution in [0.25, 0.3) is 0 Å². The van der Waals surface area contributed by atoms with Gasteiger partial charge < -0.3 is 14.2 Å². The van der Waals surface area contributed by atoms with Crippen molar-refractivity contribution in [2.45, 2.75) is 58.6 Å². The van der Waals surface area contributed by atoms with Gasteiger partial charge in [-0.25, -0.2) is 0 Å². The molecule has 2 aromatic heterocycles. The Bertz CT molecular complexity index is 666. The first-order chi connectivity index (χ1) is 11.0. The quantitative estimate of drug-likeness (QED) is 0.898. The Hall–Kier alpha value is -1.73. The van der Waals surface area contributed by atoms with Gasteiger partial charge in [0.2, 0.25) is 5.89 Å². The van der Waals surface area contributed by atoms with E-state index in [0.29, 0.717) is 24.7 Å². The fourth-order valence-electron chi connectivity index (χ4n) is 3.32. The lowest BCUT2D eigenvalue weighted by atomic mass is 9.89. The molecule has 126 valence electrons. The SMILES string of the molecule is CCc1noc(C)c1CN1CCCC(O)(Cc2nc(C)no2)C1. The molecule has 1 fully saturated rings. The maximum Gasteiger partial charge on any atom is 0.229 e. The van der Waals surface area contributed by atoms with Crippen molar-refractivity contribution >= 4 is 0 Å². The van der Waals surface area contributed by atoms with Crippen molar-refractivity contribution in [3.63, 3.8) is 0 Å². The summed E-state index contributed by atoms with van der Waals surface area (Å²) in [4.78, 5) is 6.47. The van der Waals surface area contributed by atoms with Gasteiger partial charge in [0.05, 0.1) is 17.7 Å². The highest BCUT2D eigenvalue weighted by Gasteiger charge is 2.35. The van der Waals surface area contributed by atoms with E-state index >= 15 is 0 Å². The Morgan fingerprint density at radius 3 is 2.78 bits per heavy atom. The van der Waals surface area contributed by atoms with E-state index in [0.717, 1.165) is 49.4 Å². The summed E-state index contributed by atoms with van der Waals surface area (Å²) in [5.74, 6) is 1.97. The van der Waals surface area contributed by atoms with Crippen LogP contribution in [0, 0.1) is 13.8 Å². The van der Waals surface area contributed by atoms with Gasteiger partial charge in [-0.1, -0.05) is 17.2 Å². The highest BCUT2D eigenvalue weighted by Crippen LogP contribution is 2.27. The molecule has 0 saturated carbocycles. The Balaban J connectivity index is 1.69. The first-order valence-electron chi connectivity index (χ1n) is 8.17. The number of nitrogens with zero attached hydrogens (tertiary/aromatic N) is 4. The molecule has 0 aliphatic carbocycles. The molecule has 0 spiro atoms. The Morgan fingerprint density at radius 2 is 2.09 bits per heavy atom. The fraction of sp³-hybridized carbons (Fsp3) is 0.688. The number of β-amino-alcohol motifs (C(OH)–C–C–N with tert-alkyl or cyclic N) is 1. The minimum absolute atomic E-state index is 0.396. The molecule has 0 radical (unpaired) electrons. The largest absolute Gasteiger partial charge is 0.388 e. The Labute approximate surface area is 135 Å². The molecule has 23 heavy (non-hydrogen) atoms. The van der Waals surface area contributed by atoms with E-state index in [1.165, 1.54) is 0 Å². The second-order valence-electron chi connectivity index (χ2n) is 6.47. The van der Waals surface area contributed by atoms with E-state index in [1.54, 1.807) is 6.92 Å². The zero-order valence-corrected chi connectivity index (χ0v) is 14.0. The predicted octanol–water partition coefficient (Wildman–Crippen LogP) is 1.81. The molecular weight excluding hydrogens is 296 g/mol. The normalized spacial score (nSPS) is 22.6. The topological polar surface area (TPSA) is 88.4 Å². The Morgan fingerprint density at radius 1 is 1.26 bits per heavy atom. The zero-order valence-electron chi connectivity index (χ0n) is 14.0. The number of hydrogen-bond acceptors (Lipinski definition) is 7. The lowest BCUT2D eigenvalue weighted by Crippen LogP contribution is -2.49. The lowest BCUT2D eigenvalue weighted by Gasteiger charge is -2.38. The number of aliphatic hydroxyl groups is 1. The summed E-state index contributed by atoms with van der Waals surface area (Å²) < 4.78 is 10.5. The summed E-state index contributed by atoms with van der Waals surface area (Å²) in [6.07, 6.45) is 2.93. The molecule has 2 aromatic rings. The van der Waals surface area contributed by atoms with Crippen LogP contribution in [0.3, 0.4) is 0 Å². The molecule has 3 heterocycles. The highest BCUT2D eigenvalue weighted by molar-refractivity contribution is 5.22. The number of rotatable bonds is 5. The molecule has 1 saturated heterocycles. The van der Waals surface area contributed by atoms with E-state index in [9.17, 15) is 5.11 Å². The third kappa shape index (κ3) is 3.61. The van der Waals surface area contributed by atoms with E-state index in [-0.39, 0.29) is 0 Å². The van der Waals surface area contributed by atoms with Crippen LogP contribution in [0.2, 0.25) is 0 Å². The second-order valence-corrected chi connectivity index (χ2v) is 6.47. The van der Waals surface area contributed by atoms with Crippen molar-refractivity contribution in [3.05, 3.63) is 28.7 Å². The molecular formula is C16H24N4O3. The van der Waals surface area contributed by atoms with Crippen LogP contribution >= 0.6 is 0 Å². The molecule has 0 amide bonds. The summed E-state index contributed by atoms with van der Waals surface area (Å²) in [5, 5.41) is 18.8. The van der Waals surface area contributed by atoms with E-state index in [2.05, 4.69) is 27.1 Å². The number of piperidine rings is 1. The zero-order chi connectivity index (χ0) is 16.4. The molecule has 3 rings (SSSR count). The van der Waals surface area contributed by atoms with Gasteiger partial charge >= 0.3 is 0 Å². The average Bonchev–Trinajstić information content (AvgIpc) is 3.05.